The molecule has 5 nitrogen and oxygen atoms in total. The highest BCUT2D eigenvalue weighted by molar-refractivity contribution is 7.09. The molecule has 0 spiro atoms. The number of hydrogen-bond acceptors (Lipinski definition) is 5. The minimum Gasteiger partial charge on any atom is -0.369 e. The van der Waals surface area contributed by atoms with Crippen molar-refractivity contribution in [3.63, 3.8) is 0 Å². The lowest BCUT2D eigenvalue weighted by molar-refractivity contribution is 0.0946. The maximum Gasteiger partial charge on any atom is 0.271 e. The number of carbonyl (C=O) groups is 1. The standard InChI is InChI=1S/C24H28N4OS/c1-18-7-6-10-22(19(18)2)28-13-11-27(12-14-28)16-23-26-21(17-30-23)24(29)25-15-20-8-4-3-5-9-20/h3-10,17H,11-16H2,1-2H3,(H,25,29). The van der Waals surface area contributed by atoms with Gasteiger partial charge >= 0.3 is 0 Å². The fourth-order valence-electron chi connectivity index (χ4n) is 3.77. The van der Waals surface area contributed by atoms with Crippen LogP contribution >= 0.6 is 11.3 Å². The number of thiazole rings is 1. The first-order valence-electron chi connectivity index (χ1n) is 10.4. The van der Waals surface area contributed by atoms with Gasteiger partial charge in [0.1, 0.15) is 10.7 Å². The summed E-state index contributed by atoms with van der Waals surface area (Å²) in [5.74, 6) is -0.110. The van der Waals surface area contributed by atoms with Crippen LogP contribution in [0, 0.1) is 13.8 Å². The van der Waals surface area contributed by atoms with E-state index in [1.807, 2.05) is 35.7 Å². The molecule has 0 radical (unpaired) electrons. The third kappa shape index (κ3) is 4.89. The molecule has 1 fully saturated rings. The molecular formula is C24H28N4OS. The number of aryl methyl sites for hydroxylation is 1. The predicted molar refractivity (Wildman–Crippen MR) is 123 cm³/mol. The highest BCUT2D eigenvalue weighted by atomic mass is 32.1. The summed E-state index contributed by atoms with van der Waals surface area (Å²) in [5.41, 5.74) is 5.66. The van der Waals surface area contributed by atoms with Gasteiger partial charge in [-0.15, -0.1) is 11.3 Å². The molecule has 4 rings (SSSR count). The lowest BCUT2D eigenvalue weighted by atomic mass is 10.1. The number of anilines is 1. The monoisotopic (exact) mass is 420 g/mol. The van der Waals surface area contributed by atoms with Gasteiger partial charge in [-0.2, -0.15) is 0 Å². The van der Waals surface area contributed by atoms with E-state index in [1.165, 1.54) is 16.8 Å². The molecule has 1 aliphatic rings. The second kappa shape index (κ2) is 9.41. The minimum absolute atomic E-state index is 0.110. The van der Waals surface area contributed by atoms with Gasteiger partial charge in [0.15, 0.2) is 0 Å². The zero-order valence-corrected chi connectivity index (χ0v) is 18.4. The van der Waals surface area contributed by atoms with Crippen molar-refractivity contribution in [1.29, 1.82) is 0 Å². The van der Waals surface area contributed by atoms with Crippen molar-refractivity contribution < 1.29 is 4.79 Å². The predicted octanol–water partition coefficient (Wildman–Crippen LogP) is 4.01. The molecule has 1 aliphatic heterocycles. The maximum atomic E-state index is 12.4. The van der Waals surface area contributed by atoms with Crippen LogP contribution < -0.4 is 10.2 Å². The number of hydrogen-bond donors (Lipinski definition) is 1. The van der Waals surface area contributed by atoms with Crippen LogP contribution in [0.4, 0.5) is 5.69 Å². The molecule has 0 bridgehead atoms. The van der Waals surface area contributed by atoms with Crippen LogP contribution in [0.1, 0.15) is 32.2 Å². The summed E-state index contributed by atoms with van der Waals surface area (Å²) in [5, 5.41) is 5.81. The zero-order valence-electron chi connectivity index (χ0n) is 17.6. The van der Waals surface area contributed by atoms with E-state index >= 15 is 0 Å². The third-order valence-electron chi connectivity index (χ3n) is 5.73. The Kier molecular flexibility index (Phi) is 6.45. The summed E-state index contributed by atoms with van der Waals surface area (Å²) in [6.45, 7) is 9.73. The minimum atomic E-state index is -0.110. The van der Waals surface area contributed by atoms with E-state index in [9.17, 15) is 4.79 Å². The van der Waals surface area contributed by atoms with Gasteiger partial charge < -0.3 is 10.2 Å². The number of nitrogens with one attached hydrogen (secondary N) is 1. The van der Waals surface area contributed by atoms with Crippen LogP contribution in [-0.4, -0.2) is 42.0 Å². The number of rotatable bonds is 6. The van der Waals surface area contributed by atoms with Crippen molar-refractivity contribution in [2.75, 3.05) is 31.1 Å². The largest absolute Gasteiger partial charge is 0.369 e. The molecule has 0 aliphatic carbocycles. The third-order valence-corrected chi connectivity index (χ3v) is 6.56. The molecule has 3 aromatic rings. The van der Waals surface area contributed by atoms with E-state index in [-0.39, 0.29) is 5.91 Å². The average Bonchev–Trinajstić information content (AvgIpc) is 3.24. The van der Waals surface area contributed by atoms with Gasteiger partial charge in [-0.3, -0.25) is 9.69 Å². The fourth-order valence-corrected chi connectivity index (χ4v) is 4.59. The van der Waals surface area contributed by atoms with Gasteiger partial charge in [-0.25, -0.2) is 4.98 Å². The van der Waals surface area contributed by atoms with Crippen molar-refractivity contribution in [2.45, 2.75) is 26.9 Å². The Bertz CT molecular complexity index is 993. The summed E-state index contributed by atoms with van der Waals surface area (Å²) < 4.78 is 0. The topological polar surface area (TPSA) is 48.5 Å². The average molecular weight is 421 g/mol. The molecule has 1 amide bonds. The first-order valence-corrected chi connectivity index (χ1v) is 11.3. The van der Waals surface area contributed by atoms with Crippen molar-refractivity contribution in [1.82, 2.24) is 15.2 Å². The number of aromatic nitrogens is 1. The summed E-state index contributed by atoms with van der Waals surface area (Å²) in [4.78, 5) is 21.9. The van der Waals surface area contributed by atoms with E-state index in [4.69, 9.17) is 0 Å². The van der Waals surface area contributed by atoms with Crippen LogP contribution in [-0.2, 0) is 13.1 Å². The van der Waals surface area contributed by atoms with Crippen molar-refractivity contribution >= 4 is 22.9 Å². The molecule has 0 saturated carbocycles. The first kappa shape index (κ1) is 20.6. The molecule has 1 N–H and O–H groups in total. The van der Waals surface area contributed by atoms with E-state index in [2.05, 4.69) is 52.1 Å². The maximum absolute atomic E-state index is 12.4. The lowest BCUT2D eigenvalue weighted by Gasteiger charge is -2.36. The number of amides is 1. The zero-order chi connectivity index (χ0) is 20.9. The Balaban J connectivity index is 1.28. The Morgan fingerprint density at radius 2 is 1.80 bits per heavy atom. The van der Waals surface area contributed by atoms with Gasteiger partial charge in [0.05, 0.1) is 6.54 Å². The lowest BCUT2D eigenvalue weighted by Crippen LogP contribution is -2.46. The summed E-state index contributed by atoms with van der Waals surface area (Å²) in [6.07, 6.45) is 0. The van der Waals surface area contributed by atoms with E-state index < -0.39 is 0 Å². The quantitative estimate of drug-likeness (QED) is 0.655. The highest BCUT2D eigenvalue weighted by Crippen LogP contribution is 2.24. The number of carbonyl (C=O) groups excluding carboxylic acids is 1. The Morgan fingerprint density at radius 1 is 1.03 bits per heavy atom. The van der Waals surface area contributed by atoms with Crippen molar-refractivity contribution in [3.05, 3.63) is 81.3 Å². The van der Waals surface area contributed by atoms with E-state index in [0.717, 1.165) is 43.3 Å². The number of benzene rings is 2. The van der Waals surface area contributed by atoms with Crippen LogP contribution in [0.3, 0.4) is 0 Å². The van der Waals surface area contributed by atoms with Crippen molar-refractivity contribution in [2.24, 2.45) is 0 Å². The molecule has 2 aromatic carbocycles. The Labute approximate surface area is 182 Å². The molecule has 30 heavy (non-hydrogen) atoms. The summed E-state index contributed by atoms with van der Waals surface area (Å²) in [7, 11) is 0. The van der Waals surface area contributed by atoms with Crippen LogP contribution in [0.15, 0.2) is 53.9 Å². The van der Waals surface area contributed by atoms with E-state index in [0.29, 0.717) is 12.2 Å². The van der Waals surface area contributed by atoms with Crippen LogP contribution in [0.5, 0.6) is 0 Å². The molecule has 2 heterocycles. The van der Waals surface area contributed by atoms with Gasteiger partial charge in [0.2, 0.25) is 0 Å². The first-order chi connectivity index (χ1) is 14.6. The molecule has 0 unspecified atom stereocenters. The van der Waals surface area contributed by atoms with Crippen LogP contribution in [0.25, 0.3) is 0 Å². The van der Waals surface area contributed by atoms with Gasteiger partial charge in [-0.05, 0) is 36.6 Å². The molecule has 1 aromatic heterocycles. The highest BCUT2D eigenvalue weighted by Gasteiger charge is 2.20. The Morgan fingerprint density at radius 3 is 2.57 bits per heavy atom. The van der Waals surface area contributed by atoms with Crippen LogP contribution in [0.2, 0.25) is 0 Å². The summed E-state index contributed by atoms with van der Waals surface area (Å²) >= 11 is 1.57. The number of nitrogens with zero attached hydrogens (tertiary/aromatic N) is 3. The van der Waals surface area contributed by atoms with Gasteiger partial charge in [-0.1, -0.05) is 42.5 Å². The second-order valence-electron chi connectivity index (χ2n) is 7.78. The Hall–Kier alpha value is -2.70. The molecule has 6 heteroatoms. The van der Waals surface area contributed by atoms with Gasteiger partial charge in [0, 0.05) is 43.8 Å². The van der Waals surface area contributed by atoms with Crippen molar-refractivity contribution in [3.8, 4) is 0 Å². The summed E-state index contributed by atoms with van der Waals surface area (Å²) in [6, 6.07) is 16.5. The second-order valence-corrected chi connectivity index (χ2v) is 8.72. The smallest absolute Gasteiger partial charge is 0.271 e. The SMILES string of the molecule is Cc1cccc(N2CCN(Cc3nc(C(=O)NCc4ccccc4)cs3)CC2)c1C. The number of piperazine rings is 1. The van der Waals surface area contributed by atoms with Gasteiger partial charge in [0.25, 0.3) is 5.91 Å². The molecular weight excluding hydrogens is 392 g/mol. The fraction of sp³-hybridized carbons (Fsp3) is 0.333. The van der Waals surface area contributed by atoms with E-state index in [1.54, 1.807) is 11.3 Å². The molecule has 0 atom stereocenters. The molecule has 1 saturated heterocycles. The normalized spacial score (nSPS) is 14.7. The molecule has 156 valence electrons.